The Bertz CT molecular complexity index is 1020. The molecule has 1 amide bonds. The Hall–Kier alpha value is -3.80. The first-order valence-electron chi connectivity index (χ1n) is 8.11. The van der Waals surface area contributed by atoms with Crippen LogP contribution in [0.15, 0.2) is 78.9 Å². The van der Waals surface area contributed by atoms with Crippen molar-refractivity contribution in [3.05, 3.63) is 106 Å². The van der Waals surface area contributed by atoms with E-state index in [4.69, 9.17) is 0 Å². The van der Waals surface area contributed by atoms with Gasteiger partial charge in [-0.3, -0.25) is 14.9 Å². The maximum absolute atomic E-state index is 13.4. The summed E-state index contributed by atoms with van der Waals surface area (Å²) < 4.78 is 13.4. The SMILES string of the molecule is O=C(Nc1cccc(F)c1)/C(=C\c1cccc([N+](=O)[O-])c1)c1ccccc1. The molecule has 3 rings (SSSR count). The topological polar surface area (TPSA) is 72.2 Å². The molecule has 0 radical (unpaired) electrons. The number of anilines is 1. The lowest BCUT2D eigenvalue weighted by Crippen LogP contribution is -2.13. The first-order valence-corrected chi connectivity index (χ1v) is 8.11. The summed E-state index contributed by atoms with van der Waals surface area (Å²) in [6, 6.07) is 20.5. The van der Waals surface area contributed by atoms with Gasteiger partial charge in [-0.2, -0.15) is 0 Å². The van der Waals surface area contributed by atoms with E-state index in [2.05, 4.69) is 5.32 Å². The largest absolute Gasteiger partial charge is 0.322 e. The van der Waals surface area contributed by atoms with E-state index in [0.717, 1.165) is 0 Å². The molecule has 134 valence electrons. The van der Waals surface area contributed by atoms with Gasteiger partial charge in [0.05, 0.1) is 4.92 Å². The van der Waals surface area contributed by atoms with Gasteiger partial charge in [-0.25, -0.2) is 4.39 Å². The zero-order valence-corrected chi connectivity index (χ0v) is 14.1. The van der Waals surface area contributed by atoms with Crippen LogP contribution >= 0.6 is 0 Å². The highest BCUT2D eigenvalue weighted by molar-refractivity contribution is 6.29. The normalized spacial score (nSPS) is 11.1. The summed E-state index contributed by atoms with van der Waals surface area (Å²) in [4.78, 5) is 23.3. The van der Waals surface area contributed by atoms with Gasteiger partial charge >= 0.3 is 0 Å². The van der Waals surface area contributed by atoms with Gasteiger partial charge in [0.15, 0.2) is 0 Å². The first-order chi connectivity index (χ1) is 13.0. The average Bonchev–Trinajstić information content (AvgIpc) is 2.67. The van der Waals surface area contributed by atoms with Crippen LogP contribution in [0.3, 0.4) is 0 Å². The predicted octanol–water partition coefficient (Wildman–Crippen LogP) is 4.91. The number of non-ortho nitro benzene ring substituents is 1. The molecule has 0 aliphatic heterocycles. The van der Waals surface area contributed by atoms with E-state index in [9.17, 15) is 19.3 Å². The Labute approximate surface area is 154 Å². The van der Waals surface area contributed by atoms with Gasteiger partial charge in [0.1, 0.15) is 5.82 Å². The minimum atomic E-state index is -0.494. The molecule has 0 atom stereocenters. The van der Waals surface area contributed by atoms with Crippen LogP contribution in [0.5, 0.6) is 0 Å². The summed E-state index contributed by atoms with van der Waals surface area (Å²) in [5, 5.41) is 13.6. The second-order valence-corrected chi connectivity index (χ2v) is 5.74. The number of nitrogens with one attached hydrogen (secondary N) is 1. The first kappa shape index (κ1) is 18.0. The fourth-order valence-corrected chi connectivity index (χ4v) is 2.56. The minimum absolute atomic E-state index is 0.0679. The molecule has 0 bridgehead atoms. The van der Waals surface area contributed by atoms with Crippen LogP contribution in [-0.2, 0) is 4.79 Å². The number of nitro groups is 1. The Morgan fingerprint density at radius 3 is 2.41 bits per heavy atom. The maximum Gasteiger partial charge on any atom is 0.270 e. The van der Waals surface area contributed by atoms with Crippen molar-refractivity contribution in [2.75, 3.05) is 5.32 Å². The van der Waals surface area contributed by atoms with Gasteiger partial charge in [-0.15, -0.1) is 0 Å². The number of carbonyl (C=O) groups is 1. The molecule has 5 nitrogen and oxygen atoms in total. The monoisotopic (exact) mass is 362 g/mol. The molecule has 0 spiro atoms. The van der Waals surface area contributed by atoms with Crippen molar-refractivity contribution < 1.29 is 14.1 Å². The van der Waals surface area contributed by atoms with Gasteiger partial charge < -0.3 is 5.32 Å². The molecular formula is C21H15FN2O3. The summed E-state index contributed by atoms with van der Waals surface area (Å²) in [6.07, 6.45) is 1.57. The number of benzene rings is 3. The summed E-state index contributed by atoms with van der Waals surface area (Å²) >= 11 is 0. The fraction of sp³-hybridized carbons (Fsp3) is 0. The number of carbonyl (C=O) groups excluding carboxylic acids is 1. The van der Waals surface area contributed by atoms with Crippen LogP contribution in [0.25, 0.3) is 11.6 Å². The van der Waals surface area contributed by atoms with Crippen molar-refractivity contribution >= 4 is 28.9 Å². The Kier molecular flexibility index (Phi) is 5.37. The Balaban J connectivity index is 2.00. The van der Waals surface area contributed by atoms with E-state index < -0.39 is 16.6 Å². The van der Waals surface area contributed by atoms with E-state index in [1.807, 2.05) is 6.07 Å². The highest BCUT2D eigenvalue weighted by atomic mass is 19.1. The summed E-state index contributed by atoms with van der Waals surface area (Å²) in [7, 11) is 0. The van der Waals surface area contributed by atoms with E-state index in [1.165, 1.54) is 30.3 Å². The standard InChI is InChI=1S/C21H15FN2O3/c22-17-9-5-10-18(14-17)23-21(25)20(16-7-2-1-3-8-16)13-15-6-4-11-19(12-15)24(26)27/h1-14H,(H,23,25)/b20-13-. The van der Waals surface area contributed by atoms with Crippen LogP contribution in [0.1, 0.15) is 11.1 Å². The van der Waals surface area contributed by atoms with Crippen molar-refractivity contribution in [3.63, 3.8) is 0 Å². The number of nitro benzene ring substituents is 1. The van der Waals surface area contributed by atoms with Crippen LogP contribution in [-0.4, -0.2) is 10.8 Å². The molecule has 0 fully saturated rings. The smallest absolute Gasteiger partial charge is 0.270 e. The molecule has 1 N–H and O–H groups in total. The molecule has 0 aliphatic rings. The number of hydrogen-bond donors (Lipinski definition) is 1. The molecule has 0 heterocycles. The Morgan fingerprint density at radius 2 is 1.70 bits per heavy atom. The predicted molar refractivity (Wildman–Crippen MR) is 102 cm³/mol. The fourth-order valence-electron chi connectivity index (χ4n) is 2.56. The molecule has 0 saturated carbocycles. The van der Waals surface area contributed by atoms with E-state index in [0.29, 0.717) is 22.4 Å². The molecule has 3 aromatic carbocycles. The van der Waals surface area contributed by atoms with E-state index in [1.54, 1.807) is 48.5 Å². The highest BCUT2D eigenvalue weighted by Crippen LogP contribution is 2.23. The van der Waals surface area contributed by atoms with Crippen molar-refractivity contribution in [1.82, 2.24) is 0 Å². The van der Waals surface area contributed by atoms with Gasteiger partial charge in [0.2, 0.25) is 0 Å². The van der Waals surface area contributed by atoms with Crippen molar-refractivity contribution in [2.45, 2.75) is 0 Å². The van der Waals surface area contributed by atoms with Crippen LogP contribution in [0.2, 0.25) is 0 Å². The third-order valence-corrected chi connectivity index (χ3v) is 3.80. The minimum Gasteiger partial charge on any atom is -0.322 e. The van der Waals surface area contributed by atoms with Crippen LogP contribution in [0, 0.1) is 15.9 Å². The van der Waals surface area contributed by atoms with Gasteiger partial charge in [-0.05, 0) is 35.4 Å². The summed E-state index contributed by atoms with van der Waals surface area (Å²) in [5.74, 6) is -0.907. The highest BCUT2D eigenvalue weighted by Gasteiger charge is 2.14. The molecule has 6 heteroatoms. The lowest BCUT2D eigenvalue weighted by atomic mass is 10.0. The van der Waals surface area contributed by atoms with Gasteiger partial charge in [0, 0.05) is 23.4 Å². The molecule has 0 aromatic heterocycles. The molecule has 0 saturated heterocycles. The second kappa shape index (κ2) is 8.05. The number of rotatable bonds is 5. The van der Waals surface area contributed by atoms with Crippen LogP contribution in [0.4, 0.5) is 15.8 Å². The summed E-state index contributed by atoms with van der Waals surface area (Å²) in [6.45, 7) is 0. The third kappa shape index (κ3) is 4.64. The van der Waals surface area contributed by atoms with Gasteiger partial charge in [-0.1, -0.05) is 48.5 Å². The Morgan fingerprint density at radius 1 is 0.963 bits per heavy atom. The van der Waals surface area contributed by atoms with Crippen molar-refractivity contribution in [2.24, 2.45) is 0 Å². The lowest BCUT2D eigenvalue weighted by molar-refractivity contribution is -0.384. The number of amides is 1. The quantitative estimate of drug-likeness (QED) is 0.303. The van der Waals surface area contributed by atoms with Crippen LogP contribution < -0.4 is 5.32 Å². The molecular weight excluding hydrogens is 347 g/mol. The second-order valence-electron chi connectivity index (χ2n) is 5.74. The van der Waals surface area contributed by atoms with E-state index >= 15 is 0 Å². The number of hydrogen-bond acceptors (Lipinski definition) is 3. The molecule has 27 heavy (non-hydrogen) atoms. The average molecular weight is 362 g/mol. The van der Waals surface area contributed by atoms with Gasteiger partial charge in [0.25, 0.3) is 11.6 Å². The lowest BCUT2D eigenvalue weighted by Gasteiger charge is -2.10. The number of halogens is 1. The number of nitrogens with zero attached hydrogens (tertiary/aromatic N) is 1. The molecule has 0 aliphatic carbocycles. The third-order valence-electron chi connectivity index (χ3n) is 3.80. The molecule has 3 aromatic rings. The zero-order valence-electron chi connectivity index (χ0n) is 14.1. The molecule has 0 unspecified atom stereocenters. The maximum atomic E-state index is 13.4. The van der Waals surface area contributed by atoms with Crippen molar-refractivity contribution in [1.29, 1.82) is 0 Å². The van der Waals surface area contributed by atoms with E-state index in [-0.39, 0.29) is 5.69 Å². The van der Waals surface area contributed by atoms with Crippen molar-refractivity contribution in [3.8, 4) is 0 Å². The zero-order chi connectivity index (χ0) is 19.2. The summed E-state index contributed by atoms with van der Waals surface area (Å²) in [5.41, 5.74) is 1.71.